The van der Waals surface area contributed by atoms with Crippen molar-refractivity contribution in [2.24, 2.45) is 5.92 Å². The van der Waals surface area contributed by atoms with Crippen LogP contribution in [0.15, 0.2) is 18.2 Å². The molecule has 3 N–H and O–H groups in total. The molecule has 2 saturated carbocycles. The van der Waals surface area contributed by atoms with E-state index in [0.717, 1.165) is 32.1 Å². The van der Waals surface area contributed by atoms with Gasteiger partial charge in [0.1, 0.15) is 0 Å². The summed E-state index contributed by atoms with van der Waals surface area (Å²) >= 11 is 0. The summed E-state index contributed by atoms with van der Waals surface area (Å²) in [5, 5.41) is 15.4. The van der Waals surface area contributed by atoms with Crippen molar-refractivity contribution in [3.05, 3.63) is 29.6 Å². The van der Waals surface area contributed by atoms with Crippen LogP contribution in [-0.2, 0) is 0 Å². The lowest BCUT2D eigenvalue weighted by Crippen LogP contribution is -2.50. The molecular formula is C18H25FN2O3. The third-order valence-corrected chi connectivity index (χ3v) is 4.84. The predicted octanol–water partition coefficient (Wildman–Crippen LogP) is 2.89. The first-order chi connectivity index (χ1) is 11.5. The normalized spacial score (nSPS) is 20.0. The quantitative estimate of drug-likeness (QED) is 0.717. The Hall–Kier alpha value is -1.82. The van der Waals surface area contributed by atoms with Crippen LogP contribution in [0.2, 0.25) is 0 Å². The van der Waals surface area contributed by atoms with Crippen molar-refractivity contribution in [3.8, 4) is 5.75 Å². The van der Waals surface area contributed by atoms with Crippen LogP contribution in [0.5, 0.6) is 5.75 Å². The van der Waals surface area contributed by atoms with Gasteiger partial charge in [0, 0.05) is 6.54 Å². The first kappa shape index (κ1) is 17.0. The number of hydrogen-bond acceptors (Lipinski definition) is 3. The van der Waals surface area contributed by atoms with Gasteiger partial charge in [-0.3, -0.25) is 0 Å². The van der Waals surface area contributed by atoms with E-state index >= 15 is 0 Å². The van der Waals surface area contributed by atoms with Gasteiger partial charge in [0.25, 0.3) is 0 Å². The molecule has 3 rings (SSSR count). The van der Waals surface area contributed by atoms with E-state index < -0.39 is 11.4 Å². The van der Waals surface area contributed by atoms with Crippen molar-refractivity contribution in [2.75, 3.05) is 13.2 Å². The Labute approximate surface area is 141 Å². The number of nitrogens with one attached hydrogen (secondary N) is 2. The number of hydrogen-bond donors (Lipinski definition) is 3. The van der Waals surface area contributed by atoms with Gasteiger partial charge in [-0.1, -0.05) is 6.07 Å². The van der Waals surface area contributed by atoms with Gasteiger partial charge in [0.05, 0.1) is 18.2 Å². The molecule has 0 unspecified atom stereocenters. The highest BCUT2D eigenvalue weighted by Crippen LogP contribution is 2.31. The Morgan fingerprint density at radius 2 is 2.21 bits per heavy atom. The van der Waals surface area contributed by atoms with Gasteiger partial charge in [-0.05, 0) is 62.6 Å². The molecule has 5 nitrogen and oxygen atoms in total. The molecule has 2 aliphatic rings. The van der Waals surface area contributed by atoms with E-state index in [2.05, 4.69) is 10.6 Å². The third-order valence-electron chi connectivity index (χ3n) is 4.84. The van der Waals surface area contributed by atoms with Crippen LogP contribution < -0.4 is 15.4 Å². The highest BCUT2D eigenvalue weighted by atomic mass is 19.1. The second-order valence-electron chi connectivity index (χ2n) is 7.07. The highest BCUT2D eigenvalue weighted by molar-refractivity contribution is 5.74. The van der Waals surface area contributed by atoms with E-state index in [1.54, 1.807) is 19.1 Å². The smallest absolute Gasteiger partial charge is 0.315 e. The standard InChI is InChI=1S/C18H25FN2O3/c1-12(21-17(22)20-11-18(23)7-2-8-18)14-5-6-16(15(19)9-14)24-10-13-3-4-13/h5-6,9,12-13,23H,2-4,7-8,10-11H2,1H3,(H2,20,21,22)/t12-/m0/s1. The Bertz CT molecular complexity index is 600. The Kier molecular flexibility index (Phi) is 4.94. The second kappa shape index (κ2) is 6.97. The fourth-order valence-corrected chi connectivity index (χ4v) is 2.73. The predicted molar refractivity (Wildman–Crippen MR) is 88.4 cm³/mol. The fraction of sp³-hybridized carbons (Fsp3) is 0.611. The maximum Gasteiger partial charge on any atom is 0.315 e. The topological polar surface area (TPSA) is 70.6 Å². The van der Waals surface area contributed by atoms with Crippen molar-refractivity contribution in [2.45, 2.75) is 50.7 Å². The lowest BCUT2D eigenvalue weighted by Gasteiger charge is -2.36. The summed E-state index contributed by atoms with van der Waals surface area (Å²) < 4.78 is 19.6. The molecule has 2 fully saturated rings. The SMILES string of the molecule is C[C@H](NC(=O)NCC1(O)CCC1)c1ccc(OCC2CC2)c(F)c1. The number of carbonyl (C=O) groups excluding carboxylic acids is 1. The number of ether oxygens (including phenoxy) is 1. The molecule has 0 radical (unpaired) electrons. The molecule has 1 aromatic rings. The van der Waals surface area contributed by atoms with Crippen LogP contribution in [0.4, 0.5) is 9.18 Å². The van der Waals surface area contributed by atoms with E-state index in [9.17, 15) is 14.3 Å². The van der Waals surface area contributed by atoms with Crippen LogP contribution in [0.25, 0.3) is 0 Å². The molecule has 0 bridgehead atoms. The molecule has 0 aromatic heterocycles. The van der Waals surface area contributed by atoms with Crippen LogP contribution in [-0.4, -0.2) is 29.9 Å². The molecule has 0 heterocycles. The summed E-state index contributed by atoms with van der Waals surface area (Å²) in [6.07, 6.45) is 4.74. The minimum absolute atomic E-state index is 0.244. The maximum atomic E-state index is 14.1. The Morgan fingerprint density at radius 1 is 1.46 bits per heavy atom. The zero-order valence-corrected chi connectivity index (χ0v) is 14.0. The van der Waals surface area contributed by atoms with Gasteiger partial charge in [0.2, 0.25) is 0 Å². The first-order valence-corrected chi connectivity index (χ1v) is 8.64. The molecule has 0 aliphatic heterocycles. The molecule has 1 aromatic carbocycles. The number of urea groups is 1. The average Bonchev–Trinajstić information content (AvgIpc) is 3.34. The number of amides is 2. The van der Waals surface area contributed by atoms with Crippen LogP contribution >= 0.6 is 0 Å². The monoisotopic (exact) mass is 336 g/mol. The largest absolute Gasteiger partial charge is 0.490 e. The van der Waals surface area contributed by atoms with Gasteiger partial charge in [-0.15, -0.1) is 0 Å². The van der Waals surface area contributed by atoms with Crippen molar-refractivity contribution in [1.82, 2.24) is 10.6 Å². The van der Waals surface area contributed by atoms with Gasteiger partial charge in [-0.2, -0.15) is 0 Å². The minimum atomic E-state index is -0.757. The molecule has 0 spiro atoms. The summed E-state index contributed by atoms with van der Waals surface area (Å²) in [5.41, 5.74) is -0.0866. The summed E-state index contributed by atoms with van der Waals surface area (Å²) in [6, 6.07) is 4.06. The number of rotatable bonds is 7. The zero-order chi connectivity index (χ0) is 17.2. The summed E-state index contributed by atoms with van der Waals surface area (Å²) in [4.78, 5) is 11.9. The second-order valence-corrected chi connectivity index (χ2v) is 7.07. The van der Waals surface area contributed by atoms with Gasteiger partial charge in [-0.25, -0.2) is 9.18 Å². The molecule has 132 valence electrons. The minimum Gasteiger partial charge on any atom is -0.490 e. The van der Waals surface area contributed by atoms with Crippen molar-refractivity contribution < 1.29 is 19.0 Å². The molecule has 24 heavy (non-hydrogen) atoms. The number of carbonyl (C=O) groups is 1. The van der Waals surface area contributed by atoms with Crippen molar-refractivity contribution >= 4 is 6.03 Å². The summed E-state index contributed by atoms with van der Waals surface area (Å²) in [7, 11) is 0. The van der Waals surface area contributed by atoms with Crippen LogP contribution in [0.1, 0.15) is 50.6 Å². The lowest BCUT2D eigenvalue weighted by atomic mass is 9.80. The molecule has 0 saturated heterocycles. The van der Waals surface area contributed by atoms with E-state index in [1.807, 2.05) is 0 Å². The highest BCUT2D eigenvalue weighted by Gasteiger charge is 2.34. The summed E-state index contributed by atoms with van der Waals surface area (Å²) in [5.74, 6) is 0.416. The van der Waals surface area contributed by atoms with E-state index in [0.29, 0.717) is 18.1 Å². The zero-order valence-electron chi connectivity index (χ0n) is 14.0. The Morgan fingerprint density at radius 3 is 2.79 bits per heavy atom. The molecule has 1 atom stereocenters. The van der Waals surface area contributed by atoms with Crippen LogP contribution in [0, 0.1) is 11.7 Å². The van der Waals surface area contributed by atoms with Crippen LogP contribution in [0.3, 0.4) is 0 Å². The molecule has 2 aliphatic carbocycles. The Balaban J connectivity index is 1.48. The van der Waals surface area contributed by atoms with Gasteiger partial charge in [0.15, 0.2) is 11.6 Å². The molecular weight excluding hydrogens is 311 g/mol. The lowest BCUT2D eigenvalue weighted by molar-refractivity contribution is -0.0290. The fourth-order valence-electron chi connectivity index (χ4n) is 2.73. The number of halogens is 1. The van der Waals surface area contributed by atoms with E-state index in [1.165, 1.54) is 6.07 Å². The first-order valence-electron chi connectivity index (χ1n) is 8.64. The van der Waals surface area contributed by atoms with Crippen molar-refractivity contribution in [3.63, 3.8) is 0 Å². The van der Waals surface area contributed by atoms with Crippen molar-refractivity contribution in [1.29, 1.82) is 0 Å². The maximum absolute atomic E-state index is 14.1. The molecule has 6 heteroatoms. The average molecular weight is 336 g/mol. The third kappa shape index (κ3) is 4.38. The van der Waals surface area contributed by atoms with Gasteiger partial charge >= 0.3 is 6.03 Å². The number of benzene rings is 1. The van der Waals surface area contributed by atoms with E-state index in [-0.39, 0.29) is 24.4 Å². The van der Waals surface area contributed by atoms with E-state index in [4.69, 9.17) is 4.74 Å². The number of aliphatic hydroxyl groups is 1. The molecule has 2 amide bonds. The van der Waals surface area contributed by atoms with Gasteiger partial charge < -0.3 is 20.5 Å². The summed E-state index contributed by atoms with van der Waals surface area (Å²) in [6.45, 7) is 2.60.